The van der Waals surface area contributed by atoms with E-state index in [4.69, 9.17) is 0 Å². The highest BCUT2D eigenvalue weighted by atomic mass is 16.2. The monoisotopic (exact) mass is 224 g/mol. The largest absolute Gasteiger partial charge is 0.361 e. The first-order chi connectivity index (χ1) is 7.66. The normalized spacial score (nSPS) is 25.3. The van der Waals surface area contributed by atoms with Gasteiger partial charge in [-0.15, -0.1) is 5.10 Å². The molecule has 2 rings (SSSR count). The minimum atomic E-state index is -0.577. The van der Waals surface area contributed by atoms with E-state index in [0.717, 1.165) is 6.42 Å². The van der Waals surface area contributed by atoms with Crippen LogP contribution in [0.25, 0.3) is 0 Å². The molecular weight excluding hydrogens is 208 g/mol. The van der Waals surface area contributed by atoms with Crippen LogP contribution in [0, 0.1) is 5.92 Å². The minimum absolute atomic E-state index is 0.207. The van der Waals surface area contributed by atoms with Gasteiger partial charge in [0.1, 0.15) is 0 Å². The standard InChI is InChI=1S/C10H16N4O2/c1-6-4-2-3-5-7(6)11-8-9(15)12-10(16)14-13-8/h6-7H,2-5H2,1H3,(H,11,13)(H2,12,14,15,16). The Balaban J connectivity index is 2.14. The zero-order valence-corrected chi connectivity index (χ0v) is 9.25. The van der Waals surface area contributed by atoms with Crippen LogP contribution in [0.3, 0.4) is 0 Å². The Bertz CT molecular complexity index is 464. The van der Waals surface area contributed by atoms with Crippen molar-refractivity contribution in [3.05, 3.63) is 20.8 Å². The summed E-state index contributed by atoms with van der Waals surface area (Å²) in [7, 11) is 0. The number of aromatic nitrogens is 3. The van der Waals surface area contributed by atoms with Crippen LogP contribution in [-0.4, -0.2) is 21.2 Å². The van der Waals surface area contributed by atoms with Crippen LogP contribution >= 0.6 is 0 Å². The number of hydrogen-bond donors (Lipinski definition) is 3. The van der Waals surface area contributed by atoms with Gasteiger partial charge in [-0.25, -0.2) is 9.89 Å². The molecule has 2 atom stereocenters. The summed E-state index contributed by atoms with van der Waals surface area (Å²) in [5.41, 5.74) is -1.03. The molecule has 1 aromatic rings. The molecule has 1 saturated carbocycles. The van der Waals surface area contributed by atoms with Crippen molar-refractivity contribution in [2.45, 2.75) is 38.6 Å². The van der Waals surface area contributed by atoms with E-state index in [-0.39, 0.29) is 11.9 Å². The summed E-state index contributed by atoms with van der Waals surface area (Å²) in [6, 6.07) is 0.272. The molecular formula is C10H16N4O2. The highest BCUT2D eigenvalue weighted by Crippen LogP contribution is 2.25. The van der Waals surface area contributed by atoms with Gasteiger partial charge in [0.15, 0.2) is 0 Å². The van der Waals surface area contributed by atoms with Crippen molar-refractivity contribution in [2.75, 3.05) is 5.32 Å². The van der Waals surface area contributed by atoms with Gasteiger partial charge in [0.05, 0.1) is 0 Å². The summed E-state index contributed by atoms with van der Waals surface area (Å²) in [5.74, 6) is 0.736. The summed E-state index contributed by atoms with van der Waals surface area (Å²) < 4.78 is 0. The van der Waals surface area contributed by atoms with Crippen LogP contribution in [0.15, 0.2) is 9.59 Å². The van der Waals surface area contributed by atoms with Gasteiger partial charge < -0.3 is 5.32 Å². The molecule has 0 bridgehead atoms. The average molecular weight is 224 g/mol. The second-order valence-electron chi connectivity index (χ2n) is 4.37. The number of rotatable bonds is 2. The molecule has 1 heterocycles. The van der Waals surface area contributed by atoms with Crippen LogP contribution in [-0.2, 0) is 0 Å². The van der Waals surface area contributed by atoms with Gasteiger partial charge in [0.25, 0.3) is 5.56 Å². The molecule has 0 radical (unpaired) electrons. The molecule has 6 heteroatoms. The van der Waals surface area contributed by atoms with Crippen LogP contribution < -0.4 is 16.6 Å². The maximum Gasteiger partial charge on any atom is 0.342 e. The topological polar surface area (TPSA) is 90.6 Å². The first kappa shape index (κ1) is 10.9. The lowest BCUT2D eigenvalue weighted by atomic mass is 9.86. The molecule has 1 aliphatic carbocycles. The van der Waals surface area contributed by atoms with Crippen molar-refractivity contribution in [3.8, 4) is 0 Å². The molecule has 16 heavy (non-hydrogen) atoms. The van der Waals surface area contributed by atoms with Crippen molar-refractivity contribution < 1.29 is 0 Å². The summed E-state index contributed by atoms with van der Waals surface area (Å²) in [4.78, 5) is 24.4. The predicted octanol–water partition coefficient (Wildman–Crippen LogP) is 0.449. The van der Waals surface area contributed by atoms with E-state index in [1.54, 1.807) is 0 Å². The molecule has 0 saturated heterocycles. The van der Waals surface area contributed by atoms with E-state index in [2.05, 4.69) is 27.4 Å². The Morgan fingerprint density at radius 2 is 2.06 bits per heavy atom. The molecule has 0 aromatic carbocycles. The fraction of sp³-hybridized carbons (Fsp3) is 0.700. The molecule has 6 nitrogen and oxygen atoms in total. The third-order valence-electron chi connectivity index (χ3n) is 3.14. The van der Waals surface area contributed by atoms with Gasteiger partial charge in [0.2, 0.25) is 5.82 Å². The second kappa shape index (κ2) is 4.51. The maximum absolute atomic E-state index is 11.4. The van der Waals surface area contributed by atoms with E-state index >= 15 is 0 Å². The fourth-order valence-corrected chi connectivity index (χ4v) is 2.15. The maximum atomic E-state index is 11.4. The summed E-state index contributed by atoms with van der Waals surface area (Å²) >= 11 is 0. The number of H-pyrrole nitrogens is 2. The smallest absolute Gasteiger partial charge is 0.342 e. The highest BCUT2D eigenvalue weighted by molar-refractivity contribution is 5.30. The Kier molecular flexibility index (Phi) is 3.07. The number of nitrogens with zero attached hydrogens (tertiary/aromatic N) is 1. The zero-order chi connectivity index (χ0) is 11.5. The van der Waals surface area contributed by atoms with Crippen molar-refractivity contribution in [1.29, 1.82) is 0 Å². The van der Waals surface area contributed by atoms with Gasteiger partial charge in [-0.3, -0.25) is 9.78 Å². The van der Waals surface area contributed by atoms with Crippen LogP contribution in [0.1, 0.15) is 32.6 Å². The molecule has 88 valence electrons. The third-order valence-corrected chi connectivity index (χ3v) is 3.14. The summed E-state index contributed by atoms with van der Waals surface area (Å²) in [6.45, 7) is 2.16. The fourth-order valence-electron chi connectivity index (χ4n) is 2.15. The molecule has 0 aliphatic heterocycles. The van der Waals surface area contributed by atoms with Crippen LogP contribution in [0.5, 0.6) is 0 Å². The van der Waals surface area contributed by atoms with Crippen molar-refractivity contribution >= 4 is 5.82 Å². The Labute approximate surface area is 92.5 Å². The lowest BCUT2D eigenvalue weighted by Crippen LogP contribution is -2.35. The number of aromatic amines is 2. The lowest BCUT2D eigenvalue weighted by molar-refractivity contribution is 0.348. The Morgan fingerprint density at radius 1 is 1.31 bits per heavy atom. The zero-order valence-electron chi connectivity index (χ0n) is 9.25. The first-order valence-corrected chi connectivity index (χ1v) is 5.62. The van der Waals surface area contributed by atoms with Gasteiger partial charge in [0, 0.05) is 6.04 Å². The summed E-state index contributed by atoms with van der Waals surface area (Å²) in [5, 5.41) is 9.04. The molecule has 2 unspecified atom stereocenters. The van der Waals surface area contributed by atoms with Crippen LogP contribution in [0.4, 0.5) is 5.82 Å². The lowest BCUT2D eigenvalue weighted by Gasteiger charge is -2.29. The van der Waals surface area contributed by atoms with Gasteiger partial charge in [-0.05, 0) is 18.8 Å². The number of anilines is 1. The minimum Gasteiger partial charge on any atom is -0.361 e. The van der Waals surface area contributed by atoms with E-state index in [1.165, 1.54) is 19.3 Å². The Hall–Kier alpha value is -1.59. The SMILES string of the molecule is CC1CCCCC1Nc1n[nH]c(=O)[nH]c1=O. The molecule has 1 aromatic heterocycles. The third kappa shape index (κ3) is 2.32. The van der Waals surface area contributed by atoms with Crippen molar-refractivity contribution in [3.63, 3.8) is 0 Å². The van der Waals surface area contributed by atoms with E-state index in [9.17, 15) is 9.59 Å². The Morgan fingerprint density at radius 3 is 2.75 bits per heavy atom. The van der Waals surface area contributed by atoms with E-state index < -0.39 is 11.2 Å². The van der Waals surface area contributed by atoms with Gasteiger partial charge >= 0.3 is 5.69 Å². The first-order valence-electron chi connectivity index (χ1n) is 5.62. The quantitative estimate of drug-likeness (QED) is 0.680. The highest BCUT2D eigenvalue weighted by Gasteiger charge is 2.22. The van der Waals surface area contributed by atoms with Crippen molar-refractivity contribution in [1.82, 2.24) is 15.2 Å². The number of hydrogen-bond acceptors (Lipinski definition) is 4. The average Bonchev–Trinajstić information content (AvgIpc) is 2.25. The van der Waals surface area contributed by atoms with Crippen LogP contribution in [0.2, 0.25) is 0 Å². The molecule has 0 amide bonds. The molecule has 0 spiro atoms. The van der Waals surface area contributed by atoms with Crippen molar-refractivity contribution in [2.24, 2.45) is 5.92 Å². The van der Waals surface area contributed by atoms with E-state index in [0.29, 0.717) is 5.92 Å². The summed E-state index contributed by atoms with van der Waals surface area (Å²) in [6.07, 6.45) is 4.62. The number of nitrogens with one attached hydrogen (secondary N) is 3. The molecule has 3 N–H and O–H groups in total. The molecule has 1 fully saturated rings. The second-order valence-corrected chi connectivity index (χ2v) is 4.37. The van der Waals surface area contributed by atoms with Gasteiger partial charge in [-0.2, -0.15) is 0 Å². The van der Waals surface area contributed by atoms with E-state index in [1.807, 2.05) is 0 Å². The molecule has 1 aliphatic rings. The van der Waals surface area contributed by atoms with Gasteiger partial charge in [-0.1, -0.05) is 19.8 Å². The predicted molar refractivity (Wildman–Crippen MR) is 60.5 cm³/mol.